The molecule has 0 heterocycles. The van der Waals surface area contributed by atoms with Gasteiger partial charge in [0.25, 0.3) is 0 Å². The van der Waals surface area contributed by atoms with E-state index in [2.05, 4.69) is 123 Å². The Morgan fingerprint density at radius 1 is 0.468 bits per heavy atom. The molecule has 0 unspecified atom stereocenters. The van der Waals surface area contributed by atoms with Crippen molar-refractivity contribution in [3.63, 3.8) is 0 Å². The van der Waals surface area contributed by atoms with E-state index in [1.807, 2.05) is 18.2 Å². The Kier molecular flexibility index (Phi) is 5.28. The van der Waals surface area contributed by atoms with Gasteiger partial charge in [0.15, 0.2) is 0 Å². The second-order valence-corrected chi connectivity index (χ2v) is 12.7. The Balaban J connectivity index is 1.33. The van der Waals surface area contributed by atoms with Crippen LogP contribution in [0.3, 0.4) is 0 Å². The molecule has 0 saturated carbocycles. The molecule has 0 bridgehead atoms. The Morgan fingerprint density at radius 2 is 1.11 bits per heavy atom. The molecule has 9 rings (SSSR count). The summed E-state index contributed by atoms with van der Waals surface area (Å²) in [4.78, 5) is 0. The molecule has 224 valence electrons. The largest absolute Gasteiger partial charge is 0.0642 e. The maximum Gasteiger partial charge on any atom is 0.0629 e. The van der Waals surface area contributed by atoms with Gasteiger partial charge >= 0.3 is 0 Å². The molecule has 0 spiro atoms. The molecule has 0 radical (unpaired) electrons. The number of hydrogen-bond acceptors (Lipinski definition) is 0. The zero-order valence-corrected chi connectivity index (χ0v) is 26.5. The van der Waals surface area contributed by atoms with Crippen molar-refractivity contribution >= 4 is 32.3 Å². The average Bonchev–Trinajstić information content (AvgIpc) is 3.20. The smallest absolute Gasteiger partial charge is 0.0629 e. The molecule has 47 heavy (non-hydrogen) atoms. The minimum atomic E-state index is -0.380. The standard InChI is InChI=1S/C47H36/c1-3-47(4-2)42-26-14-25-41-44(32-16-6-5-7-17-32)38-22-10-11-23-39(38)45(46(41)42)40-28-27-34(30-43(40)47)33-19-12-20-35(29-33)37-24-13-18-31-15-8-9-21-36(31)37/h5-30H,3-4H2,1-2H3/i5D,6D,7D,16D,17D. The predicted octanol–water partition coefficient (Wildman–Crippen LogP) is 13.2. The fraction of sp³-hybridized carbons (Fsp3) is 0.106. The molecule has 1 aliphatic rings. The Labute approximate surface area is 284 Å². The molecule has 0 atom stereocenters. The fourth-order valence-electron chi connectivity index (χ4n) is 8.39. The van der Waals surface area contributed by atoms with E-state index in [-0.39, 0.29) is 41.2 Å². The van der Waals surface area contributed by atoms with Crippen LogP contribution in [0.15, 0.2) is 158 Å². The second-order valence-electron chi connectivity index (χ2n) is 12.7. The van der Waals surface area contributed by atoms with E-state index in [1.54, 1.807) is 0 Å². The average molecular weight is 606 g/mol. The quantitative estimate of drug-likeness (QED) is 0.171. The van der Waals surface area contributed by atoms with Crippen LogP contribution < -0.4 is 0 Å². The number of fused-ring (bicyclic) bond motifs is 5. The lowest BCUT2D eigenvalue weighted by molar-refractivity contribution is 0.481. The molecule has 0 nitrogen and oxygen atoms in total. The third-order valence-electron chi connectivity index (χ3n) is 10.6. The van der Waals surface area contributed by atoms with Gasteiger partial charge in [-0.15, -0.1) is 0 Å². The molecule has 8 aromatic carbocycles. The summed E-state index contributed by atoms with van der Waals surface area (Å²) in [6.45, 7) is 4.53. The van der Waals surface area contributed by atoms with Gasteiger partial charge in [0.2, 0.25) is 0 Å². The van der Waals surface area contributed by atoms with Crippen LogP contribution in [0.1, 0.15) is 44.7 Å². The minimum absolute atomic E-state index is 0.180. The van der Waals surface area contributed by atoms with E-state index >= 15 is 0 Å². The summed E-state index contributed by atoms with van der Waals surface area (Å²) < 4.78 is 43.4. The normalized spacial score (nSPS) is 14.7. The van der Waals surface area contributed by atoms with Gasteiger partial charge in [-0.25, -0.2) is 0 Å². The number of benzene rings is 8. The van der Waals surface area contributed by atoms with Gasteiger partial charge < -0.3 is 0 Å². The summed E-state index contributed by atoms with van der Waals surface area (Å²) in [7, 11) is 0. The summed E-state index contributed by atoms with van der Waals surface area (Å²) in [6, 6.07) is 44.0. The van der Waals surface area contributed by atoms with Crippen LogP contribution in [0.4, 0.5) is 0 Å². The summed E-state index contributed by atoms with van der Waals surface area (Å²) in [6.07, 6.45) is 1.76. The zero-order chi connectivity index (χ0) is 35.9. The van der Waals surface area contributed by atoms with Crippen molar-refractivity contribution in [3.05, 3.63) is 169 Å². The molecule has 0 saturated heterocycles. The highest BCUT2D eigenvalue weighted by Crippen LogP contribution is 2.56. The van der Waals surface area contributed by atoms with Gasteiger partial charge in [-0.05, 0) is 113 Å². The first-order valence-electron chi connectivity index (χ1n) is 19.1. The number of rotatable bonds is 5. The van der Waals surface area contributed by atoms with E-state index in [4.69, 9.17) is 6.85 Å². The second kappa shape index (κ2) is 10.8. The topological polar surface area (TPSA) is 0 Å². The lowest BCUT2D eigenvalue weighted by Crippen LogP contribution is -2.30. The van der Waals surface area contributed by atoms with Crippen molar-refractivity contribution in [1.29, 1.82) is 0 Å². The zero-order valence-electron chi connectivity index (χ0n) is 31.5. The first-order chi connectivity index (χ1) is 25.3. The summed E-state index contributed by atoms with van der Waals surface area (Å²) in [5.74, 6) is 0. The Bertz CT molecular complexity index is 2740. The van der Waals surface area contributed by atoms with Crippen LogP contribution in [0, 0.1) is 0 Å². The molecule has 1 aliphatic carbocycles. The third-order valence-corrected chi connectivity index (χ3v) is 10.6. The highest BCUT2D eigenvalue weighted by molar-refractivity contribution is 6.23. The highest BCUT2D eigenvalue weighted by Gasteiger charge is 2.39. The maximum absolute atomic E-state index is 9.00. The molecule has 0 heteroatoms. The molecule has 0 fully saturated rings. The predicted molar refractivity (Wildman–Crippen MR) is 202 cm³/mol. The minimum Gasteiger partial charge on any atom is -0.0642 e. The van der Waals surface area contributed by atoms with Gasteiger partial charge in [-0.1, -0.05) is 159 Å². The molecular formula is C47H36. The summed E-state index contributed by atoms with van der Waals surface area (Å²) in [5.41, 5.74) is 10.2. The van der Waals surface area contributed by atoms with E-state index in [0.717, 1.165) is 39.9 Å². The van der Waals surface area contributed by atoms with Gasteiger partial charge in [0, 0.05) is 5.41 Å². The van der Waals surface area contributed by atoms with Crippen molar-refractivity contribution in [2.45, 2.75) is 32.1 Å². The maximum atomic E-state index is 9.00. The van der Waals surface area contributed by atoms with E-state index in [0.29, 0.717) is 5.56 Å². The molecule has 0 N–H and O–H groups in total. The molecule has 0 aromatic heterocycles. The van der Waals surface area contributed by atoms with Crippen molar-refractivity contribution < 1.29 is 6.85 Å². The van der Waals surface area contributed by atoms with E-state index < -0.39 is 0 Å². The summed E-state index contributed by atoms with van der Waals surface area (Å²) >= 11 is 0. The molecule has 0 amide bonds. The summed E-state index contributed by atoms with van der Waals surface area (Å²) in [5, 5.41) is 6.36. The van der Waals surface area contributed by atoms with Crippen LogP contribution in [0.25, 0.3) is 76.8 Å². The third kappa shape index (κ3) is 4.08. The SMILES string of the molecule is [2H]c1c([2H])c([2H])c(-c2c3ccccc3c3c4c(cccc24)C(CC)(CC)c2cc(-c4cccc(-c5cccc6ccccc56)c4)ccc2-3)c([2H])c1[2H]. The van der Waals surface area contributed by atoms with E-state index in [1.165, 1.54) is 49.7 Å². The van der Waals surface area contributed by atoms with Crippen LogP contribution in [0.2, 0.25) is 0 Å². The van der Waals surface area contributed by atoms with Crippen molar-refractivity contribution in [3.8, 4) is 44.5 Å². The molecule has 8 aromatic rings. The van der Waals surface area contributed by atoms with E-state index in [9.17, 15) is 0 Å². The van der Waals surface area contributed by atoms with Crippen LogP contribution in [-0.4, -0.2) is 0 Å². The van der Waals surface area contributed by atoms with Gasteiger partial charge in [0.1, 0.15) is 0 Å². The van der Waals surface area contributed by atoms with Crippen molar-refractivity contribution in [2.75, 3.05) is 0 Å². The fourth-order valence-corrected chi connectivity index (χ4v) is 8.39. The van der Waals surface area contributed by atoms with Crippen LogP contribution in [-0.2, 0) is 5.41 Å². The van der Waals surface area contributed by atoms with Crippen molar-refractivity contribution in [1.82, 2.24) is 0 Å². The first kappa shape index (κ1) is 23.0. The lowest BCUT2D eigenvalue weighted by Gasteiger charge is -2.41. The Morgan fingerprint density at radius 3 is 1.91 bits per heavy atom. The van der Waals surface area contributed by atoms with Gasteiger partial charge in [-0.3, -0.25) is 0 Å². The number of hydrogen-bond donors (Lipinski definition) is 0. The van der Waals surface area contributed by atoms with Crippen molar-refractivity contribution in [2.24, 2.45) is 0 Å². The Hall–Kier alpha value is -5.46. The van der Waals surface area contributed by atoms with Crippen LogP contribution >= 0.6 is 0 Å². The molecule has 0 aliphatic heterocycles. The highest BCUT2D eigenvalue weighted by atomic mass is 14.4. The lowest BCUT2D eigenvalue weighted by atomic mass is 9.62. The van der Waals surface area contributed by atoms with Crippen LogP contribution in [0.5, 0.6) is 0 Å². The first-order valence-corrected chi connectivity index (χ1v) is 16.6. The van der Waals surface area contributed by atoms with Gasteiger partial charge in [0.05, 0.1) is 6.85 Å². The molecular weight excluding hydrogens is 565 g/mol. The van der Waals surface area contributed by atoms with Gasteiger partial charge in [-0.2, -0.15) is 0 Å². The monoisotopic (exact) mass is 605 g/mol.